The number of H-pyrrole nitrogens is 1. The summed E-state index contributed by atoms with van der Waals surface area (Å²) in [6.07, 6.45) is -1.36. The van der Waals surface area contributed by atoms with Crippen LogP contribution in [0.5, 0.6) is 0 Å². The first-order valence-corrected chi connectivity index (χ1v) is 10.5. The van der Waals surface area contributed by atoms with Crippen molar-refractivity contribution in [2.45, 2.75) is 26.3 Å². The van der Waals surface area contributed by atoms with E-state index in [9.17, 15) is 34.4 Å². The number of aromatic carboxylic acids is 1. The Labute approximate surface area is 203 Å². The highest BCUT2D eigenvalue weighted by Crippen LogP contribution is 2.48. The number of anilines is 2. The van der Waals surface area contributed by atoms with Gasteiger partial charge in [-0.2, -0.15) is 4.79 Å². The maximum atomic E-state index is 12.6. The number of non-ortho nitro benzene ring substituents is 1. The molecule has 5 N–H and O–H groups in total. The number of carboxylic acids is 1. The predicted octanol–water partition coefficient (Wildman–Crippen LogP) is 3.10. The van der Waals surface area contributed by atoms with Gasteiger partial charge in [0.1, 0.15) is 11.2 Å². The zero-order chi connectivity index (χ0) is 27.3. The van der Waals surface area contributed by atoms with Crippen molar-refractivity contribution in [2.24, 2.45) is 7.05 Å². The number of aromatic nitrogens is 2. The van der Waals surface area contributed by atoms with Gasteiger partial charge in [-0.15, -0.1) is 4.48 Å². The number of quaternary nitrogens is 1. The molecule has 1 unspecified atom stereocenters. The number of carbonyl (C=O) groups excluding carboxylic acids is 1. The molecule has 14 nitrogen and oxygen atoms in total. The molecule has 0 fully saturated rings. The second-order valence-corrected chi connectivity index (χ2v) is 9.15. The average Bonchev–Trinajstić information content (AvgIpc) is 3.17. The maximum Gasteiger partial charge on any atom is 0.528 e. The summed E-state index contributed by atoms with van der Waals surface area (Å²) in [5.74, 6) is -1.11. The Morgan fingerprint density at radius 1 is 1.11 bits per heavy atom. The highest BCUT2D eigenvalue weighted by Gasteiger charge is 2.64. The van der Waals surface area contributed by atoms with Gasteiger partial charge < -0.3 is 20.9 Å². The second-order valence-electron chi connectivity index (χ2n) is 9.15. The number of imidazole rings is 1. The fraction of sp³-hybridized carbons (Fsp3) is 0.273. The van der Waals surface area contributed by atoms with Crippen molar-refractivity contribution in [1.29, 1.82) is 0 Å². The molecule has 4 rings (SSSR count). The van der Waals surface area contributed by atoms with Crippen LogP contribution in [0.1, 0.15) is 31.1 Å². The standard InChI is InChI=1S/C13H15N3O5.C9H9N3O3/c1-13(2,3)16(12(18)19)10-7-8(15(20)21)5-6-9(10)14(4)11(16)17;1-12-7-5(8(13)14)2-4(10)3-6(7)11-9(12)15/h5-7H,1-4H3;2-3H,10H2,1H3,(H,11,15)(H,13,14)/p+1. The van der Waals surface area contributed by atoms with Crippen molar-refractivity contribution >= 4 is 51.9 Å². The Morgan fingerprint density at radius 3 is 2.22 bits per heavy atom. The Kier molecular flexibility index (Phi) is 6.11. The Hall–Kier alpha value is -4.72. The number of hydrogen-bond donors (Lipinski definition) is 4. The van der Waals surface area contributed by atoms with Gasteiger partial charge in [-0.1, -0.05) is 0 Å². The monoisotopic (exact) mass is 501 g/mol. The molecule has 0 saturated heterocycles. The van der Waals surface area contributed by atoms with E-state index in [0.717, 1.165) is 6.07 Å². The summed E-state index contributed by atoms with van der Waals surface area (Å²) >= 11 is 0. The highest BCUT2D eigenvalue weighted by molar-refractivity contribution is 6.20. The molecular weight excluding hydrogens is 476 g/mol. The first-order valence-electron chi connectivity index (χ1n) is 10.5. The molecule has 3 aromatic rings. The van der Waals surface area contributed by atoms with Gasteiger partial charge in [-0.3, -0.25) is 19.6 Å². The number of nitro benzene ring substituents is 1. The van der Waals surface area contributed by atoms with Crippen molar-refractivity contribution in [2.75, 3.05) is 17.7 Å². The van der Waals surface area contributed by atoms with E-state index in [1.54, 1.807) is 20.8 Å². The van der Waals surface area contributed by atoms with Gasteiger partial charge >= 0.3 is 23.8 Å². The molecule has 0 aliphatic carbocycles. The summed E-state index contributed by atoms with van der Waals surface area (Å²) in [7, 11) is 2.96. The zero-order valence-electron chi connectivity index (χ0n) is 20.1. The number of fused-ring (bicyclic) bond motifs is 2. The Morgan fingerprint density at radius 2 is 1.72 bits per heavy atom. The highest BCUT2D eigenvalue weighted by atomic mass is 16.6. The smallest absolute Gasteiger partial charge is 0.478 e. The Balaban J connectivity index is 0.000000212. The summed E-state index contributed by atoms with van der Waals surface area (Å²) < 4.78 is 0.249. The van der Waals surface area contributed by atoms with Crippen molar-refractivity contribution in [3.05, 3.63) is 56.5 Å². The number of carbonyl (C=O) groups is 3. The van der Waals surface area contributed by atoms with E-state index in [2.05, 4.69) is 4.98 Å². The molecule has 3 amide bonds. The molecule has 1 aliphatic heterocycles. The van der Waals surface area contributed by atoms with Crippen LogP contribution in [0.15, 0.2) is 35.1 Å². The van der Waals surface area contributed by atoms with Crippen LogP contribution in [-0.4, -0.2) is 55.4 Å². The first kappa shape index (κ1) is 25.9. The molecule has 1 aliphatic rings. The minimum absolute atomic E-state index is 0.0193. The molecule has 2 aromatic carbocycles. The summed E-state index contributed by atoms with van der Waals surface area (Å²) in [6.45, 7) is 4.84. The number of nitrogens with two attached hydrogens (primary N) is 1. The SMILES string of the molecule is CN1C(=O)[N+](C(=O)O)(C(C)(C)C)c2cc([N+](=O)[O-])ccc21.Cn1c(=O)[nH]c2cc(N)cc(C(=O)O)c21. The van der Waals surface area contributed by atoms with Crippen LogP contribution in [0.25, 0.3) is 11.0 Å². The predicted molar refractivity (Wildman–Crippen MR) is 131 cm³/mol. The third-order valence-electron chi connectivity index (χ3n) is 6.00. The number of imide groups is 1. The van der Waals surface area contributed by atoms with Crippen LogP contribution in [0, 0.1) is 10.1 Å². The molecule has 14 heteroatoms. The van der Waals surface area contributed by atoms with Crippen molar-refractivity contribution in [3.8, 4) is 0 Å². The molecule has 36 heavy (non-hydrogen) atoms. The van der Waals surface area contributed by atoms with E-state index >= 15 is 0 Å². The normalized spacial score (nSPS) is 16.9. The quantitative estimate of drug-likeness (QED) is 0.176. The number of nitrogen functional groups attached to an aromatic ring is 1. The number of aryl methyl sites for hydroxylation is 1. The molecule has 190 valence electrons. The minimum Gasteiger partial charge on any atom is -0.478 e. The number of hydrogen-bond acceptors (Lipinski definition) is 7. The molecule has 0 saturated carbocycles. The lowest BCUT2D eigenvalue weighted by Gasteiger charge is -2.36. The van der Waals surface area contributed by atoms with Gasteiger partial charge in [0.05, 0.1) is 27.6 Å². The van der Waals surface area contributed by atoms with Gasteiger partial charge in [-0.25, -0.2) is 14.4 Å². The van der Waals surface area contributed by atoms with Crippen molar-refractivity contribution in [3.63, 3.8) is 0 Å². The minimum atomic E-state index is -1.36. The van der Waals surface area contributed by atoms with Gasteiger partial charge in [0.25, 0.3) is 5.69 Å². The van der Waals surface area contributed by atoms with E-state index in [0.29, 0.717) is 22.4 Å². The number of rotatable bonds is 2. The van der Waals surface area contributed by atoms with E-state index < -0.39 is 33.0 Å². The third-order valence-corrected chi connectivity index (χ3v) is 6.00. The number of benzene rings is 2. The average molecular weight is 501 g/mol. The topological polar surface area (TPSA) is 202 Å². The number of urea groups is 1. The summed E-state index contributed by atoms with van der Waals surface area (Å²) in [5.41, 5.74) is 5.49. The van der Waals surface area contributed by atoms with Crippen LogP contribution in [0.2, 0.25) is 0 Å². The lowest BCUT2D eigenvalue weighted by Crippen LogP contribution is -2.68. The first-order chi connectivity index (χ1) is 16.5. The van der Waals surface area contributed by atoms with Crippen LogP contribution in [0.3, 0.4) is 0 Å². The molecular formula is C22H25N6O8+. The molecule has 1 aromatic heterocycles. The van der Waals surface area contributed by atoms with Crippen LogP contribution in [-0.2, 0) is 7.05 Å². The Bertz CT molecular complexity index is 1500. The number of nitrogens with one attached hydrogen (secondary N) is 1. The number of carboxylic acid groups (broad SMARTS) is 2. The van der Waals surface area contributed by atoms with E-state index in [4.69, 9.17) is 10.8 Å². The summed E-state index contributed by atoms with van der Waals surface area (Å²) in [4.78, 5) is 60.9. The fourth-order valence-corrected chi connectivity index (χ4v) is 4.31. The third kappa shape index (κ3) is 3.73. The van der Waals surface area contributed by atoms with Crippen molar-refractivity contribution < 1.29 is 29.5 Å². The van der Waals surface area contributed by atoms with Crippen molar-refractivity contribution in [1.82, 2.24) is 14.0 Å². The molecule has 1 atom stereocenters. The number of aromatic amines is 1. The van der Waals surface area contributed by atoms with Gasteiger partial charge in [0.2, 0.25) is 0 Å². The number of nitrogens with zero attached hydrogens (tertiary/aromatic N) is 4. The maximum absolute atomic E-state index is 12.6. The van der Waals surface area contributed by atoms with E-state index in [1.165, 1.54) is 47.8 Å². The summed E-state index contributed by atoms with van der Waals surface area (Å²) in [5, 5.41) is 29.6. The molecule has 0 bridgehead atoms. The zero-order valence-corrected chi connectivity index (χ0v) is 20.1. The largest absolute Gasteiger partial charge is 0.528 e. The van der Waals surface area contributed by atoms with Crippen LogP contribution < -0.4 is 20.8 Å². The second kappa shape index (κ2) is 8.49. The molecule has 2 heterocycles. The number of amides is 3. The van der Waals surface area contributed by atoms with Gasteiger partial charge in [0, 0.05) is 25.8 Å². The molecule has 0 spiro atoms. The molecule has 0 radical (unpaired) electrons. The summed E-state index contributed by atoms with van der Waals surface area (Å²) in [6, 6.07) is 6.04. The van der Waals surface area contributed by atoms with E-state index in [-0.39, 0.29) is 22.6 Å². The lowest BCUT2D eigenvalue weighted by atomic mass is 10.0. The van der Waals surface area contributed by atoms with E-state index in [1.807, 2.05) is 0 Å². The van der Waals surface area contributed by atoms with Crippen LogP contribution in [0.4, 0.5) is 32.3 Å². The van der Waals surface area contributed by atoms with Crippen LogP contribution >= 0.6 is 0 Å². The number of nitro groups is 1. The van der Waals surface area contributed by atoms with Gasteiger partial charge in [0.15, 0.2) is 5.69 Å². The van der Waals surface area contributed by atoms with Gasteiger partial charge in [-0.05, 0) is 39.0 Å². The lowest BCUT2D eigenvalue weighted by molar-refractivity contribution is -0.384. The fourth-order valence-electron chi connectivity index (χ4n) is 4.31.